The highest BCUT2D eigenvalue weighted by Crippen LogP contribution is 2.25. The summed E-state index contributed by atoms with van der Waals surface area (Å²) < 4.78 is 53.7. The summed E-state index contributed by atoms with van der Waals surface area (Å²) in [5.41, 5.74) is -1.03. The lowest BCUT2D eigenvalue weighted by Gasteiger charge is -2.10. The van der Waals surface area contributed by atoms with Gasteiger partial charge in [0.2, 0.25) is 5.91 Å². The lowest BCUT2D eigenvalue weighted by atomic mass is 10.1. The number of thioether (sulfide) groups is 1. The smallest absolute Gasteiger partial charge is 0.336 e. The average molecular weight is 478 g/mol. The second-order valence-electron chi connectivity index (χ2n) is 6.51. The molecule has 0 atom stereocenters. The molecule has 3 aromatic carbocycles. The largest absolute Gasteiger partial charge is 0.478 e. The van der Waals surface area contributed by atoms with Crippen molar-refractivity contribution in [1.29, 1.82) is 0 Å². The average Bonchev–Trinajstić information content (AvgIpc) is 2.80. The number of hydrogen-bond donors (Lipinski definition) is 3. The van der Waals surface area contributed by atoms with Crippen molar-refractivity contribution in [1.82, 2.24) is 0 Å². The first-order valence-corrected chi connectivity index (χ1v) is 10.1. The molecule has 0 aliphatic heterocycles. The van der Waals surface area contributed by atoms with Gasteiger partial charge in [-0.3, -0.25) is 9.59 Å². The predicted octanol–water partition coefficient (Wildman–Crippen LogP) is 4.92. The van der Waals surface area contributed by atoms with Crippen molar-refractivity contribution in [3.63, 3.8) is 0 Å². The number of halogens is 4. The summed E-state index contributed by atoms with van der Waals surface area (Å²) in [6, 6.07) is 11.8. The number of carbonyl (C=O) groups is 3. The predicted molar refractivity (Wildman–Crippen MR) is 113 cm³/mol. The lowest BCUT2D eigenvalue weighted by Crippen LogP contribution is -2.17. The van der Waals surface area contributed by atoms with Gasteiger partial charge in [0, 0.05) is 16.6 Å². The number of amides is 2. The van der Waals surface area contributed by atoms with E-state index < -0.39 is 46.7 Å². The van der Waals surface area contributed by atoms with Crippen molar-refractivity contribution < 1.29 is 37.1 Å². The van der Waals surface area contributed by atoms with E-state index in [-0.39, 0.29) is 22.9 Å². The molecule has 0 unspecified atom stereocenters. The highest BCUT2D eigenvalue weighted by atomic mass is 32.2. The number of benzene rings is 3. The van der Waals surface area contributed by atoms with Crippen LogP contribution in [0.15, 0.2) is 59.5 Å². The molecule has 11 heteroatoms. The van der Waals surface area contributed by atoms with E-state index in [1.165, 1.54) is 36.4 Å². The first kappa shape index (κ1) is 23.8. The number of carbonyl (C=O) groups excluding carboxylic acids is 2. The van der Waals surface area contributed by atoms with E-state index in [1.807, 2.05) is 0 Å². The van der Waals surface area contributed by atoms with Crippen LogP contribution in [0.1, 0.15) is 20.7 Å². The zero-order valence-corrected chi connectivity index (χ0v) is 17.3. The van der Waals surface area contributed by atoms with Gasteiger partial charge in [0.05, 0.1) is 16.9 Å². The van der Waals surface area contributed by atoms with Crippen molar-refractivity contribution in [3.8, 4) is 0 Å². The number of aromatic carboxylic acids is 1. The van der Waals surface area contributed by atoms with Gasteiger partial charge >= 0.3 is 5.97 Å². The fraction of sp³-hybridized carbons (Fsp3) is 0.0455. The van der Waals surface area contributed by atoms with Crippen molar-refractivity contribution in [3.05, 3.63) is 89.0 Å². The van der Waals surface area contributed by atoms with Crippen molar-refractivity contribution >= 4 is 40.9 Å². The molecule has 2 amide bonds. The second kappa shape index (κ2) is 10.2. The van der Waals surface area contributed by atoms with Crippen LogP contribution in [0.3, 0.4) is 0 Å². The van der Waals surface area contributed by atoms with E-state index in [0.717, 1.165) is 11.8 Å². The van der Waals surface area contributed by atoms with E-state index in [2.05, 4.69) is 5.32 Å². The summed E-state index contributed by atoms with van der Waals surface area (Å²) in [4.78, 5) is 36.1. The zero-order valence-electron chi connectivity index (χ0n) is 16.5. The van der Waals surface area contributed by atoms with Gasteiger partial charge in [0.25, 0.3) is 5.91 Å². The lowest BCUT2D eigenvalue weighted by molar-refractivity contribution is -0.113. The van der Waals surface area contributed by atoms with Crippen LogP contribution >= 0.6 is 11.8 Å². The maximum atomic E-state index is 13.6. The Morgan fingerprint density at radius 1 is 0.818 bits per heavy atom. The number of carboxylic acids is 1. The minimum absolute atomic E-state index is 0.0200. The van der Waals surface area contributed by atoms with Gasteiger partial charge in [-0.1, -0.05) is 12.1 Å². The Morgan fingerprint density at radius 3 is 1.97 bits per heavy atom. The van der Waals surface area contributed by atoms with Gasteiger partial charge in [0.1, 0.15) is 5.69 Å². The van der Waals surface area contributed by atoms with E-state index in [4.69, 9.17) is 0 Å². The topological polar surface area (TPSA) is 95.5 Å². The van der Waals surface area contributed by atoms with Crippen LogP contribution < -0.4 is 10.6 Å². The molecule has 33 heavy (non-hydrogen) atoms. The maximum absolute atomic E-state index is 13.6. The molecule has 0 fully saturated rings. The fourth-order valence-corrected chi connectivity index (χ4v) is 3.41. The summed E-state index contributed by atoms with van der Waals surface area (Å²) in [5.74, 6) is -9.79. The Morgan fingerprint density at radius 2 is 1.39 bits per heavy atom. The van der Waals surface area contributed by atoms with E-state index in [0.29, 0.717) is 10.6 Å². The monoisotopic (exact) mass is 478 g/mol. The molecule has 170 valence electrons. The molecule has 0 saturated heterocycles. The molecule has 0 spiro atoms. The van der Waals surface area contributed by atoms with Gasteiger partial charge in [-0.15, -0.1) is 11.8 Å². The van der Waals surface area contributed by atoms with Gasteiger partial charge in [-0.2, -0.15) is 0 Å². The molecule has 0 aromatic heterocycles. The molecule has 0 radical (unpaired) electrons. The summed E-state index contributed by atoms with van der Waals surface area (Å²) in [6.45, 7) is 0. The van der Waals surface area contributed by atoms with Crippen LogP contribution in [0.5, 0.6) is 0 Å². The molecule has 0 aliphatic rings. The van der Waals surface area contributed by atoms with Crippen LogP contribution in [0.2, 0.25) is 0 Å². The molecular formula is C22H14F4N2O4S. The minimum atomic E-state index is -1.71. The molecule has 6 nitrogen and oxygen atoms in total. The Kier molecular flexibility index (Phi) is 7.34. The standard InChI is InChI=1S/C22H14F4N2O4S/c23-15-9-16(24)19(26)20(18(15)25)28-17(29)10-33-12-7-5-11(6-8-12)27-21(30)13-3-1-2-4-14(13)22(31)32/h1-9H,10H2,(H,27,30)(H,28,29)(H,31,32). The second-order valence-corrected chi connectivity index (χ2v) is 7.56. The molecule has 0 saturated carbocycles. The third kappa shape index (κ3) is 5.69. The number of rotatable bonds is 7. The van der Waals surface area contributed by atoms with Gasteiger partial charge in [0.15, 0.2) is 23.3 Å². The molecule has 3 rings (SSSR count). The van der Waals surface area contributed by atoms with Gasteiger partial charge in [-0.25, -0.2) is 22.4 Å². The van der Waals surface area contributed by atoms with Crippen molar-refractivity contribution in [2.45, 2.75) is 4.90 Å². The van der Waals surface area contributed by atoms with Crippen molar-refractivity contribution in [2.24, 2.45) is 0 Å². The van der Waals surface area contributed by atoms with Crippen LogP contribution in [0.4, 0.5) is 28.9 Å². The van der Waals surface area contributed by atoms with Gasteiger partial charge in [-0.05, 0) is 36.4 Å². The van der Waals surface area contributed by atoms with Crippen LogP contribution in [-0.2, 0) is 4.79 Å². The maximum Gasteiger partial charge on any atom is 0.336 e. The normalized spacial score (nSPS) is 10.5. The first-order valence-electron chi connectivity index (χ1n) is 9.16. The van der Waals surface area contributed by atoms with Crippen LogP contribution in [-0.4, -0.2) is 28.6 Å². The third-order valence-corrected chi connectivity index (χ3v) is 5.27. The minimum Gasteiger partial charge on any atom is -0.478 e. The zero-order chi connectivity index (χ0) is 24.1. The Hall–Kier alpha value is -3.86. The fourth-order valence-electron chi connectivity index (χ4n) is 2.71. The number of anilines is 2. The van der Waals surface area contributed by atoms with E-state index in [1.54, 1.807) is 17.4 Å². The highest BCUT2D eigenvalue weighted by Gasteiger charge is 2.21. The SMILES string of the molecule is O=C(CSc1ccc(NC(=O)c2ccccc2C(=O)O)cc1)Nc1c(F)c(F)cc(F)c1F. The molecular weight excluding hydrogens is 464 g/mol. The van der Waals surface area contributed by atoms with Crippen molar-refractivity contribution in [2.75, 3.05) is 16.4 Å². The van der Waals surface area contributed by atoms with Crippen LogP contribution in [0.25, 0.3) is 0 Å². The summed E-state index contributed by atoms with van der Waals surface area (Å²) in [7, 11) is 0. The van der Waals surface area contributed by atoms with Crippen LogP contribution in [0, 0.1) is 23.3 Å². The molecule has 0 heterocycles. The number of carboxylic acid groups (broad SMARTS) is 1. The number of hydrogen-bond acceptors (Lipinski definition) is 4. The molecule has 3 aromatic rings. The summed E-state index contributed by atoms with van der Waals surface area (Å²) in [5, 5.41) is 13.5. The Balaban J connectivity index is 1.60. The molecule has 0 bridgehead atoms. The summed E-state index contributed by atoms with van der Waals surface area (Å²) >= 11 is 0.963. The number of nitrogens with one attached hydrogen (secondary N) is 2. The Bertz CT molecular complexity index is 1210. The first-order chi connectivity index (χ1) is 15.7. The van der Waals surface area contributed by atoms with E-state index >= 15 is 0 Å². The van der Waals surface area contributed by atoms with Gasteiger partial charge < -0.3 is 15.7 Å². The quantitative estimate of drug-likeness (QED) is 0.254. The highest BCUT2D eigenvalue weighted by molar-refractivity contribution is 8.00. The van der Waals surface area contributed by atoms with E-state index in [9.17, 15) is 37.1 Å². The Labute approximate surface area is 188 Å². The molecule has 3 N–H and O–H groups in total. The third-order valence-electron chi connectivity index (χ3n) is 4.26. The summed E-state index contributed by atoms with van der Waals surface area (Å²) in [6.07, 6.45) is 0. The molecule has 0 aliphatic carbocycles.